The molecule has 1 fully saturated rings. The van der Waals surface area contributed by atoms with E-state index in [0.717, 1.165) is 12.2 Å². The average molecular weight is 983 g/mol. The number of ketones is 1. The lowest BCUT2D eigenvalue weighted by Gasteiger charge is -2.45. The summed E-state index contributed by atoms with van der Waals surface area (Å²) < 4.78 is 263. The molecule has 0 saturated carbocycles. The normalized spacial score (nSPS) is 21.1. The molecule has 374 valence electrons. The fraction of sp³-hybridized carbons (Fsp3) is 0.711. The maximum absolute atomic E-state index is 14.2. The Kier molecular flexibility index (Phi) is 18.9. The molecular weight excluding hydrogens is 939 g/mol. The molecule has 0 bridgehead atoms. The first-order valence-electron chi connectivity index (χ1n) is 18.8. The highest BCUT2D eigenvalue weighted by atomic mass is 19.4. The number of carbonyl (C=O) groups excluding carboxylic acids is 3. The Hall–Kier alpha value is -3.82. The third kappa shape index (κ3) is 12.8. The van der Waals surface area contributed by atoms with Crippen LogP contribution in [0.3, 0.4) is 0 Å². The van der Waals surface area contributed by atoms with E-state index < -0.39 is 141 Å². The van der Waals surface area contributed by atoms with Gasteiger partial charge in [0.15, 0.2) is 18.5 Å². The van der Waals surface area contributed by atoms with Gasteiger partial charge in [-0.05, 0) is 39.7 Å². The number of esters is 2. The van der Waals surface area contributed by atoms with Crippen LogP contribution in [-0.4, -0.2) is 128 Å². The van der Waals surface area contributed by atoms with Crippen molar-refractivity contribution < 1.29 is 123 Å². The Balaban J connectivity index is 2.18. The van der Waals surface area contributed by atoms with Gasteiger partial charge in [-0.3, -0.25) is 9.59 Å². The van der Waals surface area contributed by atoms with Crippen molar-refractivity contribution in [3.8, 4) is 0 Å². The Morgan fingerprint density at radius 2 is 1.18 bits per heavy atom. The molecular formula is C38H43F17O10. The predicted molar refractivity (Wildman–Crippen MR) is 186 cm³/mol. The van der Waals surface area contributed by atoms with Crippen molar-refractivity contribution in [1.82, 2.24) is 0 Å². The molecule has 0 amide bonds. The summed E-state index contributed by atoms with van der Waals surface area (Å²) in [5.74, 6) is -59.1. The Morgan fingerprint density at radius 1 is 0.662 bits per heavy atom. The van der Waals surface area contributed by atoms with E-state index in [-0.39, 0.29) is 18.8 Å². The quantitative estimate of drug-likeness (QED) is 0.0465. The molecule has 1 aromatic rings. The molecule has 27 heteroatoms. The lowest BCUT2D eigenvalue weighted by atomic mass is 9.88. The fourth-order valence-electron chi connectivity index (χ4n) is 5.36. The van der Waals surface area contributed by atoms with Gasteiger partial charge in [0.25, 0.3) is 0 Å². The molecule has 65 heavy (non-hydrogen) atoms. The number of aliphatic hydroxyl groups excluding tert-OH is 1. The highest BCUT2D eigenvalue weighted by molar-refractivity contribution is 5.81. The lowest BCUT2D eigenvalue weighted by molar-refractivity contribution is -0.461. The average Bonchev–Trinajstić information content (AvgIpc) is 3.18. The molecule has 1 aliphatic rings. The zero-order chi connectivity index (χ0) is 50.3. The van der Waals surface area contributed by atoms with Crippen molar-refractivity contribution >= 4 is 17.7 Å². The highest BCUT2D eigenvalue weighted by Gasteiger charge is 2.95. The molecule has 1 N–H and O–H groups in total. The standard InChI is InChI=1S/C38H43F17O10/c1-21(57)13-14-24(58)64-26-25(62-20-22-11-6-5-7-12-22)23(19-56)63-28(27(26)65-29(59)30(2,3)4)61-18-9-8-16-60-17-10-15-31(39,40)32(41,42)33(43,44)34(45,46)35(47,48)36(49,50)37(51,52)38(53,54)55/h5-9,11-12,23,25-28,56H,10,13-20H2,1-4H3/b9-8-. The molecule has 1 heterocycles. The molecule has 5 unspecified atom stereocenters. The molecule has 1 aliphatic heterocycles. The molecule has 0 aliphatic carbocycles. The van der Waals surface area contributed by atoms with Gasteiger partial charge in [0.2, 0.25) is 0 Å². The SMILES string of the molecule is CC(=O)CCC(=O)OC1C(OCc2ccccc2)C(CO)OC(OC/C=C\COCCCC(F)(F)C(F)(F)C(F)(F)C(F)(F)C(F)(F)C(F)(F)C(F)(F)C(F)(F)F)C1OC(=O)C(C)(C)C. The van der Waals surface area contributed by atoms with Crippen molar-refractivity contribution in [1.29, 1.82) is 0 Å². The molecule has 0 radical (unpaired) electrons. The first-order valence-corrected chi connectivity index (χ1v) is 18.8. The summed E-state index contributed by atoms with van der Waals surface area (Å²) >= 11 is 0. The van der Waals surface area contributed by atoms with E-state index in [1.165, 1.54) is 27.7 Å². The molecule has 2 rings (SSSR count). The number of halogens is 17. The summed E-state index contributed by atoms with van der Waals surface area (Å²) in [4.78, 5) is 37.5. The van der Waals surface area contributed by atoms with Crippen molar-refractivity contribution in [3.05, 3.63) is 48.0 Å². The molecule has 0 spiro atoms. The van der Waals surface area contributed by atoms with Gasteiger partial charge in [-0.15, -0.1) is 0 Å². The Bertz CT molecular complexity index is 1750. The van der Waals surface area contributed by atoms with Crippen LogP contribution in [0.5, 0.6) is 0 Å². The van der Waals surface area contributed by atoms with Gasteiger partial charge in [-0.25, -0.2) is 0 Å². The Labute approximate surface area is 358 Å². The molecule has 0 aromatic heterocycles. The number of benzene rings is 1. The summed E-state index contributed by atoms with van der Waals surface area (Å²) in [6, 6.07) is 8.44. The number of rotatable bonds is 24. The van der Waals surface area contributed by atoms with Gasteiger partial charge in [-0.2, -0.15) is 74.6 Å². The van der Waals surface area contributed by atoms with Gasteiger partial charge in [0.05, 0.1) is 38.3 Å². The van der Waals surface area contributed by atoms with E-state index in [1.54, 1.807) is 30.3 Å². The van der Waals surface area contributed by atoms with Gasteiger partial charge in [-0.1, -0.05) is 42.5 Å². The summed E-state index contributed by atoms with van der Waals surface area (Å²) in [5.41, 5.74) is -0.565. The van der Waals surface area contributed by atoms with Gasteiger partial charge in [0.1, 0.15) is 18.0 Å². The highest BCUT2D eigenvalue weighted by Crippen LogP contribution is 2.64. The van der Waals surface area contributed by atoms with Crippen molar-refractivity contribution in [2.45, 2.75) is 138 Å². The summed E-state index contributed by atoms with van der Waals surface area (Å²) in [7, 11) is 0. The van der Waals surface area contributed by atoms with Crippen LogP contribution in [0.1, 0.15) is 58.9 Å². The van der Waals surface area contributed by atoms with E-state index in [0.29, 0.717) is 5.56 Å². The van der Waals surface area contributed by atoms with Crippen LogP contribution in [0.4, 0.5) is 74.6 Å². The largest absolute Gasteiger partial charge is 0.460 e. The Morgan fingerprint density at radius 3 is 1.69 bits per heavy atom. The van der Waals surface area contributed by atoms with Crippen LogP contribution in [0, 0.1) is 5.41 Å². The third-order valence-electron chi connectivity index (χ3n) is 9.16. The van der Waals surface area contributed by atoms with E-state index in [1.807, 2.05) is 0 Å². The van der Waals surface area contributed by atoms with E-state index >= 15 is 0 Å². The van der Waals surface area contributed by atoms with E-state index in [9.17, 15) is 94.1 Å². The summed E-state index contributed by atoms with van der Waals surface area (Å²) in [6.07, 6.45) is -18.1. The van der Waals surface area contributed by atoms with Gasteiger partial charge < -0.3 is 38.3 Å². The van der Waals surface area contributed by atoms with Crippen molar-refractivity contribution in [2.24, 2.45) is 5.41 Å². The monoisotopic (exact) mass is 982 g/mol. The maximum atomic E-state index is 14.2. The van der Waals surface area contributed by atoms with Crippen LogP contribution >= 0.6 is 0 Å². The van der Waals surface area contributed by atoms with Crippen molar-refractivity contribution in [3.63, 3.8) is 0 Å². The summed E-state index contributed by atoms with van der Waals surface area (Å²) in [6.45, 7) is 2.33. The minimum absolute atomic E-state index is 0.137. The lowest BCUT2D eigenvalue weighted by Crippen LogP contribution is -2.74. The van der Waals surface area contributed by atoms with E-state index in [2.05, 4.69) is 0 Å². The smallest absolute Gasteiger partial charge is 0.455 e. The predicted octanol–water partition coefficient (Wildman–Crippen LogP) is 8.91. The maximum Gasteiger partial charge on any atom is 0.460 e. The molecule has 5 atom stereocenters. The fourth-order valence-corrected chi connectivity index (χ4v) is 5.36. The second-order valence-electron chi connectivity index (χ2n) is 15.4. The number of ether oxygens (including phenoxy) is 6. The molecule has 1 saturated heterocycles. The number of carbonyl (C=O) groups is 3. The van der Waals surface area contributed by atoms with Crippen LogP contribution in [0.25, 0.3) is 0 Å². The van der Waals surface area contributed by atoms with Crippen LogP contribution in [0.15, 0.2) is 42.5 Å². The number of aliphatic hydroxyl groups is 1. The number of hydrogen-bond acceptors (Lipinski definition) is 10. The topological polar surface area (TPSA) is 127 Å². The second-order valence-corrected chi connectivity index (χ2v) is 15.4. The first-order chi connectivity index (χ1) is 29.5. The number of hydrogen-bond donors (Lipinski definition) is 1. The zero-order valence-corrected chi connectivity index (χ0v) is 34.3. The minimum Gasteiger partial charge on any atom is -0.455 e. The molecule has 10 nitrogen and oxygen atoms in total. The third-order valence-corrected chi connectivity index (χ3v) is 9.16. The number of alkyl halides is 17. The number of Topliss-reactive ketones (excluding diaryl/α,β-unsaturated/α-hetero) is 1. The van der Waals surface area contributed by atoms with Crippen LogP contribution in [-0.2, 0) is 49.4 Å². The van der Waals surface area contributed by atoms with E-state index in [4.69, 9.17) is 28.4 Å². The van der Waals surface area contributed by atoms with Gasteiger partial charge >= 0.3 is 59.6 Å². The van der Waals surface area contributed by atoms with Crippen molar-refractivity contribution in [2.75, 3.05) is 26.4 Å². The second kappa shape index (κ2) is 21.4. The molecule has 1 aromatic carbocycles. The van der Waals surface area contributed by atoms with Gasteiger partial charge in [0, 0.05) is 19.4 Å². The first kappa shape index (κ1) is 57.3. The van der Waals surface area contributed by atoms with Crippen LogP contribution in [0.2, 0.25) is 0 Å². The summed E-state index contributed by atoms with van der Waals surface area (Å²) in [5, 5.41) is 10.2. The zero-order valence-electron chi connectivity index (χ0n) is 34.3. The van der Waals surface area contributed by atoms with Crippen LogP contribution < -0.4 is 0 Å². The minimum atomic E-state index is -8.71.